The highest BCUT2D eigenvalue weighted by Gasteiger charge is 2.14. The van der Waals surface area contributed by atoms with Gasteiger partial charge < -0.3 is 26.8 Å². The molecule has 26 heavy (non-hydrogen) atoms. The van der Waals surface area contributed by atoms with Crippen molar-refractivity contribution in [1.29, 1.82) is 0 Å². The molecular weight excluding hydrogens is 356 g/mol. The van der Waals surface area contributed by atoms with Crippen molar-refractivity contribution < 1.29 is 14.3 Å². The van der Waals surface area contributed by atoms with Crippen molar-refractivity contribution in [3.8, 4) is 0 Å². The number of benzene rings is 1. The Labute approximate surface area is 158 Å². The van der Waals surface area contributed by atoms with Gasteiger partial charge in [-0.3, -0.25) is 9.59 Å². The van der Waals surface area contributed by atoms with E-state index in [1.54, 1.807) is 24.3 Å². The molecule has 0 heterocycles. The Kier molecular flexibility index (Phi) is 9.89. The lowest BCUT2D eigenvalue weighted by atomic mass is 10.2. The molecule has 6 N–H and O–H groups in total. The summed E-state index contributed by atoms with van der Waals surface area (Å²) in [5.74, 6) is -0.602. The topological polar surface area (TPSA) is 119 Å². The number of nitrogens with two attached hydrogens (primary N) is 2. The molecule has 142 valence electrons. The van der Waals surface area contributed by atoms with Crippen molar-refractivity contribution in [2.45, 2.75) is 19.4 Å². The van der Waals surface area contributed by atoms with Crippen LogP contribution < -0.4 is 22.1 Å². The van der Waals surface area contributed by atoms with Crippen LogP contribution in [-0.4, -0.2) is 37.6 Å². The van der Waals surface area contributed by atoms with Crippen molar-refractivity contribution in [2.75, 3.05) is 19.7 Å². The number of carbonyl (C=O) groups excluding carboxylic acids is 2. The van der Waals surface area contributed by atoms with Crippen LogP contribution in [-0.2, 0) is 9.53 Å². The summed E-state index contributed by atoms with van der Waals surface area (Å²) in [5.41, 5.74) is 11.3. The van der Waals surface area contributed by atoms with Gasteiger partial charge in [0.15, 0.2) is 0 Å². The molecule has 1 aromatic rings. The molecule has 1 unspecified atom stereocenters. The lowest BCUT2D eigenvalue weighted by molar-refractivity contribution is -0.117. The van der Waals surface area contributed by atoms with Gasteiger partial charge >= 0.3 is 0 Å². The molecule has 0 aromatic heterocycles. The molecule has 0 saturated carbocycles. The standard InChI is InChI=1S/C18H25ClN4O3/c1-2-26-14(8-10-22-17(24)13(11-21)7-9-20)12-23-18(25)15-5-3-4-6-16(15)19/h3-7,9,11,14H,2,8,10,12,20-21H2,1H3,(H,22,24)(H,23,25)/b9-7-,13-11+. The van der Waals surface area contributed by atoms with Crippen LogP contribution in [0.2, 0.25) is 5.02 Å². The van der Waals surface area contributed by atoms with Crippen molar-refractivity contribution >= 4 is 23.4 Å². The Morgan fingerprint density at radius 3 is 2.62 bits per heavy atom. The summed E-state index contributed by atoms with van der Waals surface area (Å²) in [7, 11) is 0. The zero-order chi connectivity index (χ0) is 19.4. The van der Waals surface area contributed by atoms with E-state index in [9.17, 15) is 9.59 Å². The Bertz CT molecular complexity index is 662. The van der Waals surface area contributed by atoms with Gasteiger partial charge in [0.05, 0.1) is 22.3 Å². The number of hydrogen-bond acceptors (Lipinski definition) is 5. The average molecular weight is 381 g/mol. The predicted octanol–water partition coefficient (Wildman–Crippen LogP) is 1.30. The van der Waals surface area contributed by atoms with E-state index >= 15 is 0 Å². The highest BCUT2D eigenvalue weighted by molar-refractivity contribution is 6.33. The molecular formula is C18H25ClN4O3. The molecule has 1 atom stereocenters. The van der Waals surface area contributed by atoms with Crippen LogP contribution in [0.4, 0.5) is 0 Å². The highest BCUT2D eigenvalue weighted by Crippen LogP contribution is 2.14. The second-order valence-electron chi connectivity index (χ2n) is 5.29. The largest absolute Gasteiger partial charge is 0.405 e. The monoisotopic (exact) mass is 380 g/mol. The molecule has 0 bridgehead atoms. The van der Waals surface area contributed by atoms with Crippen LogP contribution >= 0.6 is 11.6 Å². The van der Waals surface area contributed by atoms with Gasteiger partial charge in [0.2, 0.25) is 0 Å². The zero-order valence-electron chi connectivity index (χ0n) is 14.7. The third kappa shape index (κ3) is 7.16. The van der Waals surface area contributed by atoms with Crippen LogP contribution in [0.3, 0.4) is 0 Å². The maximum atomic E-state index is 12.2. The van der Waals surface area contributed by atoms with Gasteiger partial charge in [0.1, 0.15) is 0 Å². The van der Waals surface area contributed by atoms with E-state index in [1.165, 1.54) is 18.5 Å². The molecule has 8 heteroatoms. The van der Waals surface area contributed by atoms with Gasteiger partial charge in [-0.25, -0.2) is 0 Å². The molecule has 0 spiro atoms. The van der Waals surface area contributed by atoms with Gasteiger partial charge in [0.25, 0.3) is 11.8 Å². The van der Waals surface area contributed by atoms with Gasteiger partial charge in [-0.2, -0.15) is 0 Å². The fourth-order valence-corrected chi connectivity index (χ4v) is 2.41. The van der Waals surface area contributed by atoms with Crippen LogP contribution in [0.15, 0.2) is 48.3 Å². The molecule has 1 rings (SSSR count). The number of nitrogens with one attached hydrogen (secondary N) is 2. The number of ether oxygens (including phenoxy) is 1. The van der Waals surface area contributed by atoms with Crippen LogP contribution in [0, 0.1) is 0 Å². The number of hydrogen-bond donors (Lipinski definition) is 4. The molecule has 0 aliphatic heterocycles. The van der Waals surface area contributed by atoms with E-state index in [-0.39, 0.29) is 23.5 Å². The average Bonchev–Trinajstić information content (AvgIpc) is 2.64. The molecule has 0 fully saturated rings. The third-order valence-corrected chi connectivity index (χ3v) is 3.81. The first-order chi connectivity index (χ1) is 12.5. The van der Waals surface area contributed by atoms with E-state index in [1.807, 2.05) is 6.92 Å². The molecule has 7 nitrogen and oxygen atoms in total. The predicted molar refractivity (Wildman–Crippen MR) is 102 cm³/mol. The lowest BCUT2D eigenvalue weighted by Crippen LogP contribution is -2.36. The summed E-state index contributed by atoms with van der Waals surface area (Å²) in [5, 5.41) is 5.91. The Balaban J connectivity index is 2.50. The van der Waals surface area contributed by atoms with Crippen LogP contribution in [0.5, 0.6) is 0 Å². The minimum Gasteiger partial charge on any atom is -0.405 e. The fourth-order valence-electron chi connectivity index (χ4n) is 2.19. The highest BCUT2D eigenvalue weighted by atomic mass is 35.5. The van der Waals surface area contributed by atoms with E-state index in [0.29, 0.717) is 36.7 Å². The van der Waals surface area contributed by atoms with Crippen LogP contribution in [0.1, 0.15) is 23.7 Å². The summed E-state index contributed by atoms with van der Waals surface area (Å²) in [6.45, 7) is 3.02. The fraction of sp³-hybridized carbons (Fsp3) is 0.333. The second-order valence-corrected chi connectivity index (χ2v) is 5.70. The number of amides is 2. The molecule has 0 aliphatic carbocycles. The van der Waals surface area contributed by atoms with E-state index in [4.69, 9.17) is 27.8 Å². The third-order valence-electron chi connectivity index (χ3n) is 3.48. The Morgan fingerprint density at radius 2 is 2.00 bits per heavy atom. The zero-order valence-corrected chi connectivity index (χ0v) is 15.5. The quantitative estimate of drug-likeness (QED) is 0.360. The smallest absolute Gasteiger partial charge is 0.252 e. The minimum atomic E-state index is -0.329. The first kappa shape index (κ1) is 21.5. The Hall–Kier alpha value is -2.51. The lowest BCUT2D eigenvalue weighted by Gasteiger charge is -2.18. The van der Waals surface area contributed by atoms with E-state index in [0.717, 1.165) is 0 Å². The molecule has 0 radical (unpaired) electrons. The van der Waals surface area contributed by atoms with Crippen molar-refractivity contribution in [3.05, 3.63) is 58.9 Å². The second kappa shape index (κ2) is 11.9. The summed E-state index contributed by atoms with van der Waals surface area (Å²) in [6.07, 6.45) is 4.11. The first-order valence-corrected chi connectivity index (χ1v) is 8.63. The SMILES string of the molecule is CCOC(CCNC(=O)C(/C=C\N)=C/N)CNC(=O)c1ccccc1Cl. The maximum absolute atomic E-state index is 12.2. The summed E-state index contributed by atoms with van der Waals surface area (Å²) >= 11 is 6.01. The maximum Gasteiger partial charge on any atom is 0.252 e. The van der Waals surface area contributed by atoms with Crippen molar-refractivity contribution in [2.24, 2.45) is 11.5 Å². The normalized spacial score (nSPS) is 12.8. The molecule has 1 aromatic carbocycles. The summed E-state index contributed by atoms with van der Waals surface area (Å²) in [6, 6.07) is 6.81. The number of carbonyl (C=O) groups is 2. The van der Waals surface area contributed by atoms with Gasteiger partial charge in [-0.05, 0) is 37.8 Å². The first-order valence-electron chi connectivity index (χ1n) is 8.26. The molecule has 2 amide bonds. The van der Waals surface area contributed by atoms with Crippen LogP contribution in [0.25, 0.3) is 0 Å². The van der Waals surface area contributed by atoms with Gasteiger partial charge in [0, 0.05) is 25.9 Å². The number of rotatable bonds is 10. The van der Waals surface area contributed by atoms with E-state index in [2.05, 4.69) is 10.6 Å². The number of halogens is 1. The Morgan fingerprint density at radius 1 is 1.27 bits per heavy atom. The van der Waals surface area contributed by atoms with Crippen molar-refractivity contribution in [3.63, 3.8) is 0 Å². The molecule has 0 aliphatic rings. The van der Waals surface area contributed by atoms with Crippen molar-refractivity contribution in [1.82, 2.24) is 10.6 Å². The van der Waals surface area contributed by atoms with Gasteiger partial charge in [-0.15, -0.1) is 0 Å². The summed E-state index contributed by atoms with van der Waals surface area (Å²) < 4.78 is 5.60. The molecule has 0 saturated heterocycles. The van der Waals surface area contributed by atoms with E-state index < -0.39 is 0 Å². The summed E-state index contributed by atoms with van der Waals surface area (Å²) in [4.78, 5) is 24.1. The van der Waals surface area contributed by atoms with Gasteiger partial charge in [-0.1, -0.05) is 23.7 Å². The minimum absolute atomic E-state index is 0.248.